The van der Waals surface area contributed by atoms with Gasteiger partial charge >= 0.3 is 0 Å². The number of para-hydroxylation sites is 1. The average molecular weight is 383 g/mol. The van der Waals surface area contributed by atoms with Crippen molar-refractivity contribution in [1.29, 1.82) is 0 Å². The number of aryl methyl sites for hydroxylation is 1. The van der Waals surface area contributed by atoms with E-state index in [2.05, 4.69) is 21.0 Å². The number of carbonyl (C=O) groups excluding carboxylic acids is 2. The standard InChI is InChI=1S/C21H29N5O2/c1-15-19(16(2)26(25-15)17-10-6-4-7-11-17)24-18(27)14-23-21(20(28)22-3)12-8-5-9-13-21/h4,6-7,10-11,23H,5,8-9,12-14H2,1-3H3,(H,22,28)(H,24,27). The Morgan fingerprint density at radius 1 is 1.11 bits per heavy atom. The maximum Gasteiger partial charge on any atom is 0.240 e. The molecule has 1 aromatic carbocycles. The van der Waals surface area contributed by atoms with Crippen LogP contribution in [0, 0.1) is 13.8 Å². The van der Waals surface area contributed by atoms with Crippen LogP contribution in [0.25, 0.3) is 5.69 Å². The Kier molecular flexibility index (Phi) is 6.14. The molecule has 7 nitrogen and oxygen atoms in total. The van der Waals surface area contributed by atoms with Crippen molar-refractivity contribution in [2.75, 3.05) is 18.9 Å². The molecule has 0 bridgehead atoms. The molecule has 1 aliphatic rings. The summed E-state index contributed by atoms with van der Waals surface area (Å²) in [4.78, 5) is 25.0. The van der Waals surface area contributed by atoms with Crippen LogP contribution in [0.4, 0.5) is 5.69 Å². The number of nitrogens with zero attached hydrogens (tertiary/aromatic N) is 2. The SMILES string of the molecule is CNC(=O)C1(NCC(=O)Nc2c(C)nn(-c3ccccc3)c2C)CCCCC1. The topological polar surface area (TPSA) is 88.1 Å². The van der Waals surface area contributed by atoms with Gasteiger partial charge in [0, 0.05) is 7.05 Å². The molecule has 0 unspecified atom stereocenters. The zero-order valence-corrected chi connectivity index (χ0v) is 16.8. The molecule has 1 saturated carbocycles. The van der Waals surface area contributed by atoms with Crippen LogP contribution in [-0.4, -0.2) is 40.7 Å². The minimum absolute atomic E-state index is 0.0377. The molecule has 0 spiro atoms. The van der Waals surface area contributed by atoms with Gasteiger partial charge in [-0.2, -0.15) is 5.10 Å². The molecule has 0 aliphatic heterocycles. The summed E-state index contributed by atoms with van der Waals surface area (Å²) in [7, 11) is 1.64. The summed E-state index contributed by atoms with van der Waals surface area (Å²) in [5.41, 5.74) is 2.64. The van der Waals surface area contributed by atoms with Gasteiger partial charge < -0.3 is 10.6 Å². The molecule has 28 heavy (non-hydrogen) atoms. The molecule has 1 aromatic heterocycles. The van der Waals surface area contributed by atoms with Crippen LogP contribution in [0.5, 0.6) is 0 Å². The molecule has 150 valence electrons. The number of aromatic nitrogens is 2. The van der Waals surface area contributed by atoms with E-state index >= 15 is 0 Å². The number of likely N-dealkylation sites (N-methyl/N-ethyl adjacent to an activating group) is 1. The summed E-state index contributed by atoms with van der Waals surface area (Å²) in [5.74, 6) is -0.211. The number of hydrogen-bond donors (Lipinski definition) is 3. The molecule has 1 aliphatic carbocycles. The number of rotatable bonds is 6. The maximum atomic E-state index is 12.6. The first-order valence-corrected chi connectivity index (χ1v) is 9.85. The van der Waals surface area contributed by atoms with Crippen molar-refractivity contribution in [2.45, 2.75) is 51.5 Å². The van der Waals surface area contributed by atoms with Crippen LogP contribution in [0.3, 0.4) is 0 Å². The highest BCUT2D eigenvalue weighted by molar-refractivity contribution is 5.94. The fourth-order valence-corrected chi connectivity index (χ4v) is 3.96. The fourth-order valence-electron chi connectivity index (χ4n) is 3.96. The highest BCUT2D eigenvalue weighted by Crippen LogP contribution is 2.28. The number of amides is 2. The number of anilines is 1. The third-order valence-corrected chi connectivity index (χ3v) is 5.51. The molecule has 2 aromatic rings. The second-order valence-corrected chi connectivity index (χ2v) is 7.42. The lowest BCUT2D eigenvalue weighted by molar-refractivity contribution is -0.129. The summed E-state index contributed by atoms with van der Waals surface area (Å²) in [6.07, 6.45) is 4.62. The van der Waals surface area contributed by atoms with E-state index in [9.17, 15) is 9.59 Å². The third kappa shape index (κ3) is 4.09. The molecule has 0 atom stereocenters. The fraction of sp³-hybridized carbons (Fsp3) is 0.476. The minimum atomic E-state index is -0.650. The maximum absolute atomic E-state index is 12.6. The largest absolute Gasteiger partial charge is 0.358 e. The molecular formula is C21H29N5O2. The van der Waals surface area contributed by atoms with Gasteiger partial charge in [0.05, 0.1) is 34.8 Å². The van der Waals surface area contributed by atoms with E-state index in [4.69, 9.17) is 0 Å². The first-order valence-electron chi connectivity index (χ1n) is 9.85. The van der Waals surface area contributed by atoms with Crippen LogP contribution >= 0.6 is 0 Å². The van der Waals surface area contributed by atoms with E-state index in [1.165, 1.54) is 0 Å². The Hall–Kier alpha value is -2.67. The van der Waals surface area contributed by atoms with Crippen LogP contribution in [0.1, 0.15) is 43.5 Å². The molecule has 1 fully saturated rings. The predicted molar refractivity (Wildman–Crippen MR) is 110 cm³/mol. The van der Waals surface area contributed by atoms with Gasteiger partial charge in [0.15, 0.2) is 0 Å². The van der Waals surface area contributed by atoms with Crippen molar-refractivity contribution in [3.8, 4) is 5.69 Å². The van der Waals surface area contributed by atoms with E-state index in [1.54, 1.807) is 7.05 Å². The second-order valence-electron chi connectivity index (χ2n) is 7.42. The lowest BCUT2D eigenvalue weighted by Crippen LogP contribution is -2.58. The van der Waals surface area contributed by atoms with Crippen molar-refractivity contribution in [2.24, 2.45) is 0 Å². The molecule has 7 heteroatoms. The Labute approximate surface area is 165 Å². The van der Waals surface area contributed by atoms with Gasteiger partial charge in [-0.05, 0) is 38.8 Å². The van der Waals surface area contributed by atoms with Gasteiger partial charge in [-0.1, -0.05) is 37.5 Å². The molecule has 1 heterocycles. The van der Waals surface area contributed by atoms with Crippen molar-refractivity contribution >= 4 is 17.5 Å². The molecule has 0 radical (unpaired) electrons. The second kappa shape index (κ2) is 8.56. The first-order chi connectivity index (χ1) is 13.5. The zero-order valence-electron chi connectivity index (χ0n) is 16.8. The highest BCUT2D eigenvalue weighted by atomic mass is 16.2. The normalized spacial score (nSPS) is 15.8. The summed E-state index contributed by atoms with van der Waals surface area (Å²) in [6.45, 7) is 3.90. The monoisotopic (exact) mass is 383 g/mol. The number of benzene rings is 1. The van der Waals surface area contributed by atoms with E-state index in [1.807, 2.05) is 48.9 Å². The summed E-state index contributed by atoms with van der Waals surface area (Å²) in [6, 6.07) is 9.81. The van der Waals surface area contributed by atoms with Gasteiger partial charge in [0.2, 0.25) is 11.8 Å². The lowest BCUT2D eigenvalue weighted by Gasteiger charge is -2.36. The average Bonchev–Trinajstić information content (AvgIpc) is 3.01. The quantitative estimate of drug-likeness (QED) is 0.715. The highest BCUT2D eigenvalue weighted by Gasteiger charge is 2.38. The number of nitrogens with one attached hydrogen (secondary N) is 3. The van der Waals surface area contributed by atoms with Gasteiger partial charge in [-0.25, -0.2) is 4.68 Å². The van der Waals surface area contributed by atoms with Crippen molar-refractivity contribution in [3.05, 3.63) is 41.7 Å². The Morgan fingerprint density at radius 2 is 1.79 bits per heavy atom. The van der Waals surface area contributed by atoms with E-state index < -0.39 is 5.54 Å². The first kappa shape index (κ1) is 20.1. The van der Waals surface area contributed by atoms with Gasteiger partial charge in [-0.3, -0.25) is 14.9 Å². The molecule has 2 amide bonds. The zero-order chi connectivity index (χ0) is 20.1. The van der Waals surface area contributed by atoms with E-state index in [0.717, 1.165) is 49.2 Å². The Morgan fingerprint density at radius 3 is 2.43 bits per heavy atom. The van der Waals surface area contributed by atoms with Gasteiger partial charge in [0.1, 0.15) is 0 Å². The van der Waals surface area contributed by atoms with Gasteiger partial charge in [-0.15, -0.1) is 0 Å². The van der Waals surface area contributed by atoms with Crippen molar-refractivity contribution < 1.29 is 9.59 Å². The lowest BCUT2D eigenvalue weighted by atomic mass is 9.81. The molecular weight excluding hydrogens is 354 g/mol. The minimum Gasteiger partial charge on any atom is -0.358 e. The molecule has 3 N–H and O–H groups in total. The van der Waals surface area contributed by atoms with Crippen LogP contribution < -0.4 is 16.0 Å². The Bertz CT molecular complexity index is 838. The number of hydrogen-bond acceptors (Lipinski definition) is 4. The van der Waals surface area contributed by atoms with E-state index in [0.29, 0.717) is 5.69 Å². The third-order valence-electron chi connectivity index (χ3n) is 5.51. The van der Waals surface area contributed by atoms with Crippen LogP contribution in [0.15, 0.2) is 30.3 Å². The van der Waals surface area contributed by atoms with Crippen molar-refractivity contribution in [1.82, 2.24) is 20.4 Å². The van der Waals surface area contributed by atoms with Crippen molar-refractivity contribution in [3.63, 3.8) is 0 Å². The summed E-state index contributed by atoms with van der Waals surface area (Å²) in [5, 5.41) is 13.5. The van der Waals surface area contributed by atoms with Crippen LogP contribution in [0.2, 0.25) is 0 Å². The van der Waals surface area contributed by atoms with E-state index in [-0.39, 0.29) is 18.4 Å². The van der Waals surface area contributed by atoms with Gasteiger partial charge in [0.25, 0.3) is 0 Å². The van der Waals surface area contributed by atoms with Crippen LogP contribution in [-0.2, 0) is 9.59 Å². The molecule has 3 rings (SSSR count). The predicted octanol–water partition coefficient (Wildman–Crippen LogP) is 2.47. The number of carbonyl (C=O) groups is 2. The smallest absolute Gasteiger partial charge is 0.240 e. The Balaban J connectivity index is 1.70. The summed E-state index contributed by atoms with van der Waals surface area (Å²) >= 11 is 0. The molecule has 0 saturated heterocycles. The summed E-state index contributed by atoms with van der Waals surface area (Å²) < 4.78 is 1.82.